The van der Waals surface area contributed by atoms with Gasteiger partial charge in [0.15, 0.2) is 0 Å². The molecule has 0 saturated carbocycles. The molecule has 1 saturated heterocycles. The molecule has 5 heteroatoms. The van der Waals surface area contributed by atoms with E-state index in [-0.39, 0.29) is 11.8 Å². The van der Waals surface area contributed by atoms with Crippen molar-refractivity contribution in [3.8, 4) is 5.75 Å². The van der Waals surface area contributed by atoms with Crippen LogP contribution in [0.2, 0.25) is 0 Å². The molecule has 0 spiro atoms. The molecule has 0 aliphatic carbocycles. The van der Waals surface area contributed by atoms with E-state index in [1.807, 2.05) is 25.1 Å². The number of hydrogen-bond acceptors (Lipinski definition) is 4. The Labute approximate surface area is 132 Å². The van der Waals surface area contributed by atoms with Gasteiger partial charge in [-0.1, -0.05) is 12.1 Å². The largest absolute Gasteiger partial charge is 0.493 e. The minimum Gasteiger partial charge on any atom is -0.493 e. The highest BCUT2D eigenvalue weighted by atomic mass is 16.5. The monoisotopic (exact) mass is 306 g/mol. The summed E-state index contributed by atoms with van der Waals surface area (Å²) in [5.74, 6) is 1.06. The lowest BCUT2D eigenvalue weighted by molar-refractivity contribution is -0.124. The summed E-state index contributed by atoms with van der Waals surface area (Å²) in [5, 5.41) is 6.23. The van der Waals surface area contributed by atoms with Crippen molar-refractivity contribution in [1.29, 1.82) is 0 Å². The Balaban J connectivity index is 1.89. The van der Waals surface area contributed by atoms with E-state index in [2.05, 4.69) is 10.6 Å². The quantitative estimate of drug-likeness (QED) is 0.717. The molecule has 1 aliphatic rings. The Morgan fingerprint density at radius 1 is 1.41 bits per heavy atom. The molecular weight excluding hydrogens is 280 g/mol. The number of ether oxygens (including phenoxy) is 2. The molecule has 5 nitrogen and oxygen atoms in total. The minimum atomic E-state index is 0.0940. The van der Waals surface area contributed by atoms with E-state index in [1.54, 1.807) is 7.11 Å². The number of benzene rings is 1. The van der Waals surface area contributed by atoms with Crippen LogP contribution in [-0.4, -0.2) is 39.3 Å². The summed E-state index contributed by atoms with van der Waals surface area (Å²) in [7, 11) is 1.69. The number of amides is 1. The Kier molecular flexibility index (Phi) is 6.68. The van der Waals surface area contributed by atoms with Crippen LogP contribution >= 0.6 is 0 Å². The van der Waals surface area contributed by atoms with E-state index < -0.39 is 0 Å². The number of rotatable bonds is 8. The molecule has 1 atom stereocenters. The third kappa shape index (κ3) is 5.00. The second kappa shape index (κ2) is 8.76. The molecule has 1 unspecified atom stereocenters. The van der Waals surface area contributed by atoms with Gasteiger partial charge in [0.25, 0.3) is 0 Å². The van der Waals surface area contributed by atoms with Gasteiger partial charge in [0, 0.05) is 38.8 Å². The van der Waals surface area contributed by atoms with Gasteiger partial charge in [0.2, 0.25) is 5.91 Å². The van der Waals surface area contributed by atoms with Crippen molar-refractivity contribution in [2.75, 3.05) is 33.4 Å². The van der Waals surface area contributed by atoms with Crippen LogP contribution in [0.1, 0.15) is 24.0 Å². The summed E-state index contributed by atoms with van der Waals surface area (Å²) in [6, 6.07) is 6.08. The molecule has 122 valence electrons. The van der Waals surface area contributed by atoms with Crippen LogP contribution in [0.25, 0.3) is 0 Å². The summed E-state index contributed by atoms with van der Waals surface area (Å²) in [4.78, 5) is 12.1. The number of hydrogen-bond donors (Lipinski definition) is 2. The molecule has 2 rings (SSSR count). The van der Waals surface area contributed by atoms with Crippen molar-refractivity contribution < 1.29 is 14.3 Å². The van der Waals surface area contributed by atoms with Gasteiger partial charge in [-0.15, -0.1) is 0 Å². The molecular formula is C17H26N2O3. The molecule has 1 aromatic carbocycles. The van der Waals surface area contributed by atoms with Crippen molar-refractivity contribution in [3.05, 3.63) is 29.3 Å². The molecule has 22 heavy (non-hydrogen) atoms. The third-order valence-electron chi connectivity index (χ3n) is 3.86. The molecule has 1 heterocycles. The molecule has 0 bridgehead atoms. The first-order valence-corrected chi connectivity index (χ1v) is 7.90. The fourth-order valence-corrected chi connectivity index (χ4v) is 2.53. The van der Waals surface area contributed by atoms with E-state index >= 15 is 0 Å². The summed E-state index contributed by atoms with van der Waals surface area (Å²) < 4.78 is 10.9. The maximum atomic E-state index is 12.1. The van der Waals surface area contributed by atoms with Crippen LogP contribution in [0.4, 0.5) is 0 Å². The predicted molar refractivity (Wildman–Crippen MR) is 86.0 cm³/mol. The normalized spacial score (nSPS) is 17.5. The highest BCUT2D eigenvalue weighted by molar-refractivity contribution is 5.79. The lowest BCUT2D eigenvalue weighted by Gasteiger charge is -2.14. The molecule has 0 radical (unpaired) electrons. The fraction of sp³-hybridized carbons (Fsp3) is 0.588. The molecule has 1 aliphatic heterocycles. The maximum absolute atomic E-state index is 12.1. The van der Waals surface area contributed by atoms with E-state index in [1.165, 1.54) is 0 Å². The van der Waals surface area contributed by atoms with Gasteiger partial charge < -0.3 is 20.1 Å². The van der Waals surface area contributed by atoms with Crippen LogP contribution in [-0.2, 0) is 16.1 Å². The van der Waals surface area contributed by atoms with Gasteiger partial charge in [-0.05, 0) is 31.5 Å². The smallest absolute Gasteiger partial charge is 0.224 e. The van der Waals surface area contributed by atoms with Gasteiger partial charge in [0.05, 0.1) is 12.5 Å². The van der Waals surface area contributed by atoms with Crippen LogP contribution < -0.4 is 15.4 Å². The third-order valence-corrected chi connectivity index (χ3v) is 3.86. The van der Waals surface area contributed by atoms with Gasteiger partial charge in [-0.3, -0.25) is 4.79 Å². The van der Waals surface area contributed by atoms with Gasteiger partial charge in [0.1, 0.15) is 5.75 Å². The zero-order valence-corrected chi connectivity index (χ0v) is 13.5. The second-order valence-electron chi connectivity index (χ2n) is 5.71. The van der Waals surface area contributed by atoms with Crippen molar-refractivity contribution in [1.82, 2.24) is 10.6 Å². The topological polar surface area (TPSA) is 59.6 Å². The van der Waals surface area contributed by atoms with E-state index in [4.69, 9.17) is 9.47 Å². The van der Waals surface area contributed by atoms with E-state index in [9.17, 15) is 4.79 Å². The summed E-state index contributed by atoms with van der Waals surface area (Å²) in [6.45, 7) is 5.55. The standard InChI is InChI=1S/C17H26N2O3/c1-13-4-5-14(16(10-13)22-9-3-8-21-2)12-19-17(20)15-6-7-18-11-15/h4-5,10,15,18H,3,6-9,11-12H2,1-2H3,(H,19,20). The Morgan fingerprint density at radius 3 is 3.00 bits per heavy atom. The van der Waals surface area contributed by atoms with Gasteiger partial charge in [-0.2, -0.15) is 0 Å². The Morgan fingerprint density at radius 2 is 2.27 bits per heavy atom. The average molecular weight is 306 g/mol. The lowest BCUT2D eigenvalue weighted by atomic mass is 10.1. The maximum Gasteiger partial charge on any atom is 0.224 e. The summed E-state index contributed by atoms with van der Waals surface area (Å²) >= 11 is 0. The van der Waals surface area contributed by atoms with Crippen molar-refractivity contribution in [2.45, 2.75) is 26.3 Å². The molecule has 2 N–H and O–H groups in total. The minimum absolute atomic E-state index is 0.0940. The molecule has 1 aromatic rings. The SMILES string of the molecule is COCCCOc1cc(C)ccc1CNC(=O)C1CCNC1. The fourth-order valence-electron chi connectivity index (χ4n) is 2.53. The molecule has 1 amide bonds. The number of methoxy groups -OCH3 is 1. The number of nitrogens with one attached hydrogen (secondary N) is 2. The first kappa shape index (κ1) is 16.8. The lowest BCUT2D eigenvalue weighted by Crippen LogP contribution is -2.31. The highest BCUT2D eigenvalue weighted by Crippen LogP contribution is 2.21. The first-order valence-electron chi connectivity index (χ1n) is 7.90. The van der Waals surface area contributed by atoms with Gasteiger partial charge >= 0.3 is 0 Å². The van der Waals surface area contributed by atoms with Crippen molar-refractivity contribution >= 4 is 5.91 Å². The number of aryl methyl sites for hydroxylation is 1. The second-order valence-corrected chi connectivity index (χ2v) is 5.71. The molecule has 1 fully saturated rings. The average Bonchev–Trinajstić information content (AvgIpc) is 3.05. The summed E-state index contributed by atoms with van der Waals surface area (Å²) in [5.41, 5.74) is 2.17. The number of carbonyl (C=O) groups excluding carboxylic acids is 1. The van der Waals surface area contributed by atoms with Gasteiger partial charge in [-0.25, -0.2) is 0 Å². The summed E-state index contributed by atoms with van der Waals surface area (Å²) in [6.07, 6.45) is 1.77. The number of carbonyl (C=O) groups is 1. The zero-order chi connectivity index (χ0) is 15.8. The van der Waals surface area contributed by atoms with Crippen molar-refractivity contribution in [3.63, 3.8) is 0 Å². The Bertz CT molecular complexity index is 485. The van der Waals surface area contributed by atoms with E-state index in [0.29, 0.717) is 19.8 Å². The van der Waals surface area contributed by atoms with Crippen LogP contribution in [0.3, 0.4) is 0 Å². The van der Waals surface area contributed by atoms with Crippen LogP contribution in [0, 0.1) is 12.8 Å². The zero-order valence-electron chi connectivity index (χ0n) is 13.5. The van der Waals surface area contributed by atoms with Crippen LogP contribution in [0.5, 0.6) is 5.75 Å². The Hall–Kier alpha value is -1.59. The van der Waals surface area contributed by atoms with E-state index in [0.717, 1.165) is 42.8 Å². The van der Waals surface area contributed by atoms with Crippen molar-refractivity contribution in [2.24, 2.45) is 5.92 Å². The highest BCUT2D eigenvalue weighted by Gasteiger charge is 2.22. The predicted octanol–water partition coefficient (Wildman–Crippen LogP) is 1.64. The first-order chi connectivity index (χ1) is 10.7. The van der Waals surface area contributed by atoms with Crippen LogP contribution in [0.15, 0.2) is 18.2 Å². The molecule has 0 aromatic heterocycles.